The molecule has 0 saturated heterocycles. The largest absolute Gasteiger partial charge is 0.508 e. The topological polar surface area (TPSA) is 90.1 Å². The lowest BCUT2D eigenvalue weighted by atomic mass is 10.2. The smallest absolute Gasteiger partial charge is 0.150 e. The quantitative estimate of drug-likeness (QED) is 0.334. The molecule has 0 spiro atoms. The van der Waals surface area contributed by atoms with Gasteiger partial charge in [-0.1, -0.05) is 5.16 Å². The van der Waals surface area contributed by atoms with Crippen molar-refractivity contribution >= 4 is 12.5 Å². The average molecular weight is 259 g/mol. The molecule has 0 aliphatic heterocycles. The molecule has 0 aliphatic carbocycles. The van der Waals surface area contributed by atoms with Gasteiger partial charge in [-0.15, -0.1) is 0 Å². The van der Waals surface area contributed by atoms with E-state index in [4.69, 9.17) is 15.4 Å². The fraction of sp³-hybridized carbons (Fsp3) is 0. The predicted octanol–water partition coefficient (Wildman–Crippen LogP) is 2.41. The molecule has 0 atom stereocenters. The summed E-state index contributed by atoms with van der Waals surface area (Å²) < 4.78 is 0. The summed E-state index contributed by atoms with van der Waals surface area (Å²) in [6.45, 7) is 0. The number of benzene rings is 2. The SMILES string of the molecule is O/N=C/c1ccc(O)cc1.O=Cc1ccc(O)cc1. The van der Waals surface area contributed by atoms with Crippen molar-refractivity contribution in [3.8, 4) is 11.5 Å². The summed E-state index contributed by atoms with van der Waals surface area (Å²) in [4.78, 5) is 10.0. The Morgan fingerprint density at radius 1 is 0.789 bits per heavy atom. The van der Waals surface area contributed by atoms with E-state index >= 15 is 0 Å². The van der Waals surface area contributed by atoms with Crippen LogP contribution in [0.5, 0.6) is 11.5 Å². The first-order chi connectivity index (χ1) is 9.15. The maximum Gasteiger partial charge on any atom is 0.150 e. The minimum absolute atomic E-state index is 0.181. The van der Waals surface area contributed by atoms with Crippen LogP contribution in [-0.4, -0.2) is 27.9 Å². The zero-order valence-corrected chi connectivity index (χ0v) is 9.97. The summed E-state index contributed by atoms with van der Waals surface area (Å²) in [5.74, 6) is 0.385. The number of rotatable bonds is 2. The maximum atomic E-state index is 10.0. The molecule has 5 heteroatoms. The Kier molecular flexibility index (Phi) is 5.62. The number of carbonyl (C=O) groups is 1. The van der Waals surface area contributed by atoms with Crippen molar-refractivity contribution in [2.45, 2.75) is 0 Å². The first kappa shape index (κ1) is 14.2. The second kappa shape index (κ2) is 7.50. The van der Waals surface area contributed by atoms with Gasteiger partial charge in [-0.2, -0.15) is 0 Å². The fourth-order valence-corrected chi connectivity index (χ4v) is 1.18. The molecule has 19 heavy (non-hydrogen) atoms. The molecular formula is C14H13NO4. The average Bonchev–Trinajstić information content (AvgIpc) is 2.43. The molecule has 0 heterocycles. The van der Waals surface area contributed by atoms with Crippen LogP contribution in [0.15, 0.2) is 53.7 Å². The first-order valence-electron chi connectivity index (χ1n) is 5.36. The Balaban J connectivity index is 0.000000191. The van der Waals surface area contributed by atoms with E-state index in [1.54, 1.807) is 24.3 Å². The molecule has 0 bridgehead atoms. The van der Waals surface area contributed by atoms with Gasteiger partial charge in [-0.05, 0) is 54.1 Å². The molecule has 0 aromatic heterocycles. The Labute approximate surface area is 110 Å². The Morgan fingerprint density at radius 3 is 1.58 bits per heavy atom. The highest BCUT2D eigenvalue weighted by atomic mass is 16.4. The number of phenols is 2. The lowest BCUT2D eigenvalue weighted by molar-refractivity contribution is 0.112. The summed E-state index contributed by atoms with van der Waals surface area (Å²) in [6, 6.07) is 12.4. The van der Waals surface area contributed by atoms with Gasteiger partial charge in [0.2, 0.25) is 0 Å². The van der Waals surface area contributed by atoms with E-state index in [-0.39, 0.29) is 11.5 Å². The van der Waals surface area contributed by atoms with Crippen molar-refractivity contribution in [1.82, 2.24) is 0 Å². The molecular weight excluding hydrogens is 246 g/mol. The minimum Gasteiger partial charge on any atom is -0.508 e. The van der Waals surface area contributed by atoms with Crippen LogP contribution < -0.4 is 0 Å². The lowest BCUT2D eigenvalue weighted by Gasteiger charge is -1.90. The van der Waals surface area contributed by atoms with Crippen LogP contribution in [-0.2, 0) is 0 Å². The van der Waals surface area contributed by atoms with E-state index < -0.39 is 0 Å². The minimum atomic E-state index is 0.181. The van der Waals surface area contributed by atoms with Gasteiger partial charge in [0.25, 0.3) is 0 Å². The van der Waals surface area contributed by atoms with Crippen molar-refractivity contribution in [3.63, 3.8) is 0 Å². The molecule has 3 N–H and O–H groups in total. The second-order valence-corrected chi connectivity index (χ2v) is 3.55. The van der Waals surface area contributed by atoms with Gasteiger partial charge in [0.1, 0.15) is 17.8 Å². The summed E-state index contributed by atoms with van der Waals surface area (Å²) in [7, 11) is 0. The van der Waals surface area contributed by atoms with E-state index in [9.17, 15) is 4.79 Å². The van der Waals surface area contributed by atoms with E-state index in [0.717, 1.165) is 11.8 Å². The highest BCUT2D eigenvalue weighted by molar-refractivity contribution is 5.79. The van der Waals surface area contributed by atoms with Crippen molar-refractivity contribution in [1.29, 1.82) is 0 Å². The number of aromatic hydroxyl groups is 2. The summed E-state index contributed by atoms with van der Waals surface area (Å²) in [5, 5.41) is 28.5. The third-order valence-corrected chi connectivity index (χ3v) is 2.13. The number of nitrogens with zero attached hydrogens (tertiary/aromatic N) is 1. The van der Waals surface area contributed by atoms with E-state index in [0.29, 0.717) is 5.56 Å². The van der Waals surface area contributed by atoms with E-state index in [1.807, 2.05) is 0 Å². The number of hydrogen-bond donors (Lipinski definition) is 3. The number of phenolic OH excluding ortho intramolecular Hbond substituents is 2. The molecule has 0 unspecified atom stereocenters. The van der Waals surface area contributed by atoms with Gasteiger partial charge in [-0.25, -0.2) is 0 Å². The Bertz CT molecular complexity index is 532. The molecule has 2 rings (SSSR count). The highest BCUT2D eigenvalue weighted by Gasteiger charge is 1.87. The van der Waals surface area contributed by atoms with Crippen LogP contribution in [0.4, 0.5) is 0 Å². The van der Waals surface area contributed by atoms with Crippen molar-refractivity contribution in [2.75, 3.05) is 0 Å². The van der Waals surface area contributed by atoms with Crippen molar-refractivity contribution < 1.29 is 20.2 Å². The highest BCUT2D eigenvalue weighted by Crippen LogP contribution is 2.07. The Morgan fingerprint density at radius 2 is 1.21 bits per heavy atom. The zero-order valence-electron chi connectivity index (χ0n) is 9.97. The second-order valence-electron chi connectivity index (χ2n) is 3.55. The molecule has 0 radical (unpaired) electrons. The summed E-state index contributed by atoms with van der Waals surface area (Å²) in [6.07, 6.45) is 2.03. The molecule has 2 aromatic rings. The van der Waals surface area contributed by atoms with Gasteiger partial charge in [-0.3, -0.25) is 4.79 Å². The van der Waals surface area contributed by atoms with Crippen molar-refractivity contribution in [3.05, 3.63) is 59.7 Å². The Hall–Kier alpha value is -2.82. The normalized spacial score (nSPS) is 9.68. The summed E-state index contributed by atoms with van der Waals surface area (Å²) in [5.41, 5.74) is 1.33. The van der Waals surface area contributed by atoms with Crippen molar-refractivity contribution in [2.24, 2.45) is 5.16 Å². The number of carbonyl (C=O) groups excluding carboxylic acids is 1. The third-order valence-electron chi connectivity index (χ3n) is 2.13. The standard InChI is InChI=1S/C7H7NO2.C7H6O2/c9-7-3-1-6(2-4-7)5-8-10;8-5-6-1-3-7(9)4-2-6/h1-5,9-10H;1-5,9H/b8-5+;. The molecule has 5 nitrogen and oxygen atoms in total. The van der Waals surface area contributed by atoms with Crippen LogP contribution in [0.3, 0.4) is 0 Å². The zero-order chi connectivity index (χ0) is 14.1. The third kappa shape index (κ3) is 5.36. The van der Waals surface area contributed by atoms with Gasteiger partial charge in [0.15, 0.2) is 0 Å². The van der Waals surface area contributed by atoms with E-state index in [1.165, 1.54) is 30.5 Å². The van der Waals surface area contributed by atoms with Gasteiger partial charge in [0.05, 0.1) is 6.21 Å². The van der Waals surface area contributed by atoms with Crippen LogP contribution in [0.1, 0.15) is 15.9 Å². The van der Waals surface area contributed by atoms with Gasteiger partial charge < -0.3 is 15.4 Å². The molecule has 98 valence electrons. The first-order valence-corrected chi connectivity index (χ1v) is 5.36. The number of oxime groups is 1. The fourth-order valence-electron chi connectivity index (χ4n) is 1.18. The molecule has 0 aliphatic rings. The van der Waals surface area contributed by atoms with Crippen LogP contribution >= 0.6 is 0 Å². The molecule has 2 aromatic carbocycles. The van der Waals surface area contributed by atoms with Gasteiger partial charge in [0, 0.05) is 5.56 Å². The monoisotopic (exact) mass is 259 g/mol. The molecule has 0 fully saturated rings. The lowest BCUT2D eigenvalue weighted by Crippen LogP contribution is -1.77. The summed E-state index contributed by atoms with van der Waals surface area (Å²) >= 11 is 0. The molecule has 0 saturated carbocycles. The van der Waals surface area contributed by atoms with Crippen LogP contribution in [0.2, 0.25) is 0 Å². The predicted molar refractivity (Wildman–Crippen MR) is 71.0 cm³/mol. The maximum absolute atomic E-state index is 10.0. The molecule has 0 amide bonds. The van der Waals surface area contributed by atoms with Gasteiger partial charge >= 0.3 is 0 Å². The number of hydrogen-bond acceptors (Lipinski definition) is 5. The van der Waals surface area contributed by atoms with E-state index in [2.05, 4.69) is 5.16 Å². The van der Waals surface area contributed by atoms with Crippen LogP contribution in [0.25, 0.3) is 0 Å². The number of aldehydes is 1. The van der Waals surface area contributed by atoms with Crippen LogP contribution in [0, 0.1) is 0 Å².